The fourth-order valence-electron chi connectivity index (χ4n) is 2.49. The van der Waals surface area contributed by atoms with E-state index in [1.165, 1.54) is 22.7 Å². The molecule has 2 amide bonds. The van der Waals surface area contributed by atoms with Gasteiger partial charge in [-0.1, -0.05) is 11.3 Å². The molecule has 0 spiro atoms. The van der Waals surface area contributed by atoms with Gasteiger partial charge in [0.1, 0.15) is 5.51 Å². The van der Waals surface area contributed by atoms with Gasteiger partial charge in [0, 0.05) is 24.5 Å². The largest absolute Gasteiger partial charge is 0.345 e. The number of amides is 2. The molecule has 0 aromatic carbocycles. The summed E-state index contributed by atoms with van der Waals surface area (Å²) >= 11 is 1.32. The third kappa shape index (κ3) is 2.10. The second kappa shape index (κ2) is 4.65. The summed E-state index contributed by atoms with van der Waals surface area (Å²) in [6.07, 6.45) is 0. The Morgan fingerprint density at radius 3 is 3.05 bits per heavy atom. The highest BCUT2D eigenvalue weighted by molar-refractivity contribution is 7.13. The molecule has 0 fully saturated rings. The van der Waals surface area contributed by atoms with Gasteiger partial charge in [-0.3, -0.25) is 5.32 Å². The predicted molar refractivity (Wildman–Crippen MR) is 73.2 cm³/mol. The number of hydrogen-bond acceptors (Lipinski definition) is 4. The van der Waals surface area contributed by atoms with E-state index in [1.807, 2.05) is 11.8 Å². The van der Waals surface area contributed by atoms with Crippen molar-refractivity contribution in [3.63, 3.8) is 0 Å². The number of rotatable bonds is 1. The predicted octanol–water partition coefficient (Wildman–Crippen LogP) is 2.26. The highest BCUT2D eigenvalue weighted by atomic mass is 32.1. The maximum absolute atomic E-state index is 12.2. The van der Waals surface area contributed by atoms with Gasteiger partial charge in [-0.25, -0.2) is 4.79 Å². The van der Waals surface area contributed by atoms with Gasteiger partial charge in [-0.15, -0.1) is 10.2 Å². The normalized spacial score (nSPS) is 18.2. The van der Waals surface area contributed by atoms with Gasteiger partial charge in [-0.05, 0) is 26.0 Å². The van der Waals surface area contributed by atoms with Crippen LogP contribution in [0.4, 0.5) is 9.93 Å². The van der Waals surface area contributed by atoms with E-state index in [9.17, 15) is 4.79 Å². The highest BCUT2D eigenvalue weighted by Crippen LogP contribution is 2.27. The second-order valence-electron chi connectivity index (χ2n) is 4.59. The van der Waals surface area contributed by atoms with Gasteiger partial charge in [-0.2, -0.15) is 0 Å². The van der Waals surface area contributed by atoms with E-state index in [0.29, 0.717) is 11.7 Å². The summed E-state index contributed by atoms with van der Waals surface area (Å²) in [7, 11) is 0. The van der Waals surface area contributed by atoms with Crippen LogP contribution in [-0.4, -0.2) is 32.2 Å². The first kappa shape index (κ1) is 12.2. The molecule has 0 saturated heterocycles. The van der Waals surface area contributed by atoms with Crippen molar-refractivity contribution in [2.75, 3.05) is 11.9 Å². The summed E-state index contributed by atoms with van der Waals surface area (Å²) in [4.78, 5) is 14.1. The number of anilines is 1. The molecule has 3 rings (SSSR count). The van der Waals surface area contributed by atoms with Crippen molar-refractivity contribution >= 4 is 22.5 Å². The average molecular weight is 277 g/mol. The molecular weight excluding hydrogens is 262 g/mol. The number of nitrogens with zero attached hydrogens (tertiary/aromatic N) is 4. The summed E-state index contributed by atoms with van der Waals surface area (Å²) in [5.74, 6) is 0. The van der Waals surface area contributed by atoms with Crippen LogP contribution in [0.2, 0.25) is 0 Å². The van der Waals surface area contributed by atoms with E-state index in [2.05, 4.69) is 39.1 Å². The van der Waals surface area contributed by atoms with Crippen molar-refractivity contribution in [1.82, 2.24) is 19.7 Å². The fourth-order valence-corrected chi connectivity index (χ4v) is 2.92. The minimum Gasteiger partial charge on any atom is -0.345 e. The van der Waals surface area contributed by atoms with Crippen molar-refractivity contribution in [2.45, 2.75) is 26.4 Å². The summed E-state index contributed by atoms with van der Waals surface area (Å²) in [5, 5.41) is 10.9. The molecule has 1 N–H and O–H groups in total. The Kier molecular flexibility index (Phi) is 2.98. The van der Waals surface area contributed by atoms with Crippen molar-refractivity contribution in [3.05, 3.63) is 29.0 Å². The third-order valence-corrected chi connectivity index (χ3v) is 4.13. The quantitative estimate of drug-likeness (QED) is 0.869. The molecule has 1 atom stereocenters. The lowest BCUT2D eigenvalue weighted by Crippen LogP contribution is -2.43. The molecule has 6 nitrogen and oxygen atoms in total. The molecule has 0 aliphatic carbocycles. The first-order valence-electron chi connectivity index (χ1n) is 6.16. The van der Waals surface area contributed by atoms with Crippen LogP contribution < -0.4 is 5.32 Å². The Morgan fingerprint density at radius 2 is 2.32 bits per heavy atom. The molecule has 0 saturated carbocycles. The molecule has 19 heavy (non-hydrogen) atoms. The topological polar surface area (TPSA) is 63.1 Å². The van der Waals surface area contributed by atoms with Gasteiger partial charge in [0.05, 0.1) is 6.04 Å². The van der Waals surface area contributed by atoms with E-state index in [1.54, 1.807) is 5.51 Å². The summed E-state index contributed by atoms with van der Waals surface area (Å²) in [6.45, 7) is 5.67. The molecule has 1 aliphatic heterocycles. The van der Waals surface area contributed by atoms with E-state index in [-0.39, 0.29) is 12.1 Å². The zero-order chi connectivity index (χ0) is 13.4. The van der Waals surface area contributed by atoms with Crippen molar-refractivity contribution in [2.24, 2.45) is 0 Å². The molecule has 7 heteroatoms. The van der Waals surface area contributed by atoms with Crippen LogP contribution in [0.25, 0.3) is 0 Å². The van der Waals surface area contributed by atoms with Gasteiger partial charge in [0.15, 0.2) is 0 Å². The SMILES string of the molecule is Cc1ccc2n1CCN(C(=O)Nc1nncs1)C2C. The Labute approximate surface area is 115 Å². The molecular formula is C12H15N5OS. The van der Waals surface area contributed by atoms with Crippen molar-refractivity contribution in [3.8, 4) is 0 Å². The molecule has 100 valence electrons. The van der Waals surface area contributed by atoms with Crippen molar-refractivity contribution in [1.29, 1.82) is 0 Å². The molecule has 2 aromatic heterocycles. The summed E-state index contributed by atoms with van der Waals surface area (Å²) < 4.78 is 2.26. The molecule has 2 aromatic rings. The first-order valence-corrected chi connectivity index (χ1v) is 7.04. The van der Waals surface area contributed by atoms with E-state index in [0.717, 1.165) is 6.54 Å². The maximum Gasteiger partial charge on any atom is 0.324 e. The minimum absolute atomic E-state index is 0.0652. The Hall–Kier alpha value is -1.89. The first-order chi connectivity index (χ1) is 9.16. The lowest BCUT2D eigenvalue weighted by Gasteiger charge is -2.35. The van der Waals surface area contributed by atoms with Gasteiger partial charge < -0.3 is 9.47 Å². The second-order valence-corrected chi connectivity index (χ2v) is 5.43. The van der Waals surface area contributed by atoms with Crippen LogP contribution in [0.1, 0.15) is 24.4 Å². The van der Waals surface area contributed by atoms with Crippen molar-refractivity contribution < 1.29 is 4.79 Å². The Bertz CT molecular complexity index is 591. The fraction of sp³-hybridized carbons (Fsp3) is 0.417. The summed E-state index contributed by atoms with van der Waals surface area (Å²) in [6, 6.07) is 4.13. The lowest BCUT2D eigenvalue weighted by atomic mass is 10.1. The number of urea groups is 1. The van der Waals surface area contributed by atoms with Crippen LogP contribution in [0.15, 0.2) is 17.6 Å². The van der Waals surface area contributed by atoms with Crippen LogP contribution in [0, 0.1) is 6.92 Å². The van der Waals surface area contributed by atoms with Crippen LogP contribution in [-0.2, 0) is 6.54 Å². The Morgan fingerprint density at radius 1 is 1.47 bits per heavy atom. The molecule has 3 heterocycles. The number of aryl methyl sites for hydroxylation is 1. The molecule has 0 bridgehead atoms. The minimum atomic E-state index is -0.116. The van der Waals surface area contributed by atoms with E-state index >= 15 is 0 Å². The third-order valence-electron chi connectivity index (χ3n) is 3.53. The lowest BCUT2D eigenvalue weighted by molar-refractivity contribution is 0.174. The number of fused-ring (bicyclic) bond motifs is 1. The van der Waals surface area contributed by atoms with Crippen LogP contribution in [0.5, 0.6) is 0 Å². The average Bonchev–Trinajstić information content (AvgIpc) is 3.01. The zero-order valence-electron chi connectivity index (χ0n) is 10.8. The molecule has 0 radical (unpaired) electrons. The smallest absolute Gasteiger partial charge is 0.324 e. The number of carbonyl (C=O) groups is 1. The van der Waals surface area contributed by atoms with E-state index in [4.69, 9.17) is 0 Å². The zero-order valence-corrected chi connectivity index (χ0v) is 11.6. The van der Waals surface area contributed by atoms with Crippen LogP contribution >= 0.6 is 11.3 Å². The van der Waals surface area contributed by atoms with Gasteiger partial charge >= 0.3 is 6.03 Å². The molecule has 1 unspecified atom stereocenters. The monoisotopic (exact) mass is 277 g/mol. The van der Waals surface area contributed by atoms with Gasteiger partial charge in [0.2, 0.25) is 5.13 Å². The summed E-state index contributed by atoms with van der Waals surface area (Å²) in [5.41, 5.74) is 4.02. The van der Waals surface area contributed by atoms with Crippen LogP contribution in [0.3, 0.4) is 0 Å². The maximum atomic E-state index is 12.2. The standard InChI is InChI=1S/C12H15N5OS/c1-8-3-4-10-9(2)17(6-5-16(8)10)12(18)14-11-15-13-7-19-11/h3-4,7,9H,5-6H2,1-2H3,(H,14,15,18). The molecule has 1 aliphatic rings. The highest BCUT2D eigenvalue weighted by Gasteiger charge is 2.28. The van der Waals surface area contributed by atoms with E-state index < -0.39 is 0 Å². The number of carbonyl (C=O) groups excluding carboxylic acids is 1. The van der Waals surface area contributed by atoms with Gasteiger partial charge in [0.25, 0.3) is 0 Å². The Balaban J connectivity index is 1.78. The number of nitrogens with one attached hydrogen (secondary N) is 1. The number of aromatic nitrogens is 3. The number of hydrogen-bond donors (Lipinski definition) is 1.